The van der Waals surface area contributed by atoms with Gasteiger partial charge in [-0.1, -0.05) is 18.7 Å². The zero-order chi connectivity index (χ0) is 20.5. The van der Waals surface area contributed by atoms with Gasteiger partial charge in [0.05, 0.1) is 19.8 Å². The van der Waals surface area contributed by atoms with Crippen molar-refractivity contribution in [3.05, 3.63) is 71.8 Å². The maximum atomic E-state index is 12.2. The highest BCUT2D eigenvalue weighted by atomic mass is 16.5. The number of esters is 1. The molecule has 0 unspecified atom stereocenters. The van der Waals surface area contributed by atoms with Gasteiger partial charge >= 0.3 is 5.97 Å². The van der Waals surface area contributed by atoms with Gasteiger partial charge in [-0.3, -0.25) is 4.79 Å². The van der Waals surface area contributed by atoms with Crippen molar-refractivity contribution in [3.63, 3.8) is 0 Å². The lowest BCUT2D eigenvalue weighted by atomic mass is 10.1. The third kappa shape index (κ3) is 5.48. The molecular weight excluding hydrogens is 358 g/mol. The summed E-state index contributed by atoms with van der Waals surface area (Å²) in [6.07, 6.45) is 4.75. The van der Waals surface area contributed by atoms with E-state index in [1.807, 2.05) is 6.07 Å². The van der Waals surface area contributed by atoms with Crippen molar-refractivity contribution in [2.24, 2.45) is 0 Å². The molecule has 0 aliphatic carbocycles. The molecule has 2 aromatic rings. The first-order valence-electron chi connectivity index (χ1n) is 8.58. The number of hydrogen-bond acceptors (Lipinski definition) is 5. The number of aryl methyl sites for hydroxylation is 1. The maximum absolute atomic E-state index is 12.2. The first-order valence-corrected chi connectivity index (χ1v) is 8.58. The molecule has 0 bridgehead atoms. The van der Waals surface area contributed by atoms with Crippen LogP contribution in [0.15, 0.2) is 55.1 Å². The van der Waals surface area contributed by atoms with Crippen molar-refractivity contribution in [1.29, 1.82) is 0 Å². The van der Waals surface area contributed by atoms with Crippen molar-refractivity contribution in [1.82, 2.24) is 0 Å². The maximum Gasteiger partial charge on any atom is 0.337 e. The van der Waals surface area contributed by atoms with Crippen molar-refractivity contribution in [2.75, 3.05) is 26.1 Å². The second kappa shape index (κ2) is 9.97. The number of hydrogen-bond donors (Lipinski definition) is 1. The topological polar surface area (TPSA) is 73.9 Å². The summed E-state index contributed by atoms with van der Waals surface area (Å²) in [5.41, 5.74) is 2.60. The molecule has 0 heterocycles. The SMILES string of the molecule is C=CCOc1ccc(/C=C/C(=O)Nc2ccc(C(=O)OC)cc2C)cc1OC. The summed E-state index contributed by atoms with van der Waals surface area (Å²) < 4.78 is 15.5. The first kappa shape index (κ1) is 20.8. The second-order valence-corrected chi connectivity index (χ2v) is 5.85. The van der Waals surface area contributed by atoms with E-state index in [4.69, 9.17) is 9.47 Å². The highest BCUT2D eigenvalue weighted by Gasteiger charge is 2.09. The van der Waals surface area contributed by atoms with Gasteiger partial charge in [-0.05, 0) is 54.5 Å². The van der Waals surface area contributed by atoms with Crippen molar-refractivity contribution in [2.45, 2.75) is 6.92 Å². The molecule has 6 heteroatoms. The summed E-state index contributed by atoms with van der Waals surface area (Å²) in [4.78, 5) is 23.8. The highest BCUT2D eigenvalue weighted by Crippen LogP contribution is 2.28. The predicted octanol–water partition coefficient (Wildman–Crippen LogP) is 4.01. The fourth-order valence-electron chi connectivity index (χ4n) is 2.45. The Morgan fingerprint density at radius 3 is 2.54 bits per heavy atom. The summed E-state index contributed by atoms with van der Waals surface area (Å²) in [7, 11) is 2.88. The van der Waals surface area contributed by atoms with Crippen LogP contribution < -0.4 is 14.8 Å². The lowest BCUT2D eigenvalue weighted by molar-refractivity contribution is -0.111. The van der Waals surface area contributed by atoms with E-state index >= 15 is 0 Å². The van der Waals surface area contributed by atoms with Gasteiger partial charge in [0.1, 0.15) is 6.61 Å². The molecule has 0 atom stereocenters. The number of carbonyl (C=O) groups excluding carboxylic acids is 2. The van der Waals surface area contributed by atoms with Crippen LogP contribution in [0.3, 0.4) is 0 Å². The second-order valence-electron chi connectivity index (χ2n) is 5.85. The lowest BCUT2D eigenvalue weighted by Gasteiger charge is -2.10. The average molecular weight is 381 g/mol. The zero-order valence-corrected chi connectivity index (χ0v) is 16.2. The Balaban J connectivity index is 2.07. The van der Waals surface area contributed by atoms with Crippen LogP contribution >= 0.6 is 0 Å². The molecule has 0 aromatic heterocycles. The average Bonchev–Trinajstić information content (AvgIpc) is 2.71. The monoisotopic (exact) mass is 381 g/mol. The Morgan fingerprint density at radius 1 is 1.11 bits per heavy atom. The van der Waals surface area contributed by atoms with E-state index in [0.717, 1.165) is 11.1 Å². The van der Waals surface area contributed by atoms with Gasteiger partial charge in [0.2, 0.25) is 5.91 Å². The fourth-order valence-corrected chi connectivity index (χ4v) is 2.45. The molecule has 0 radical (unpaired) electrons. The number of ether oxygens (including phenoxy) is 3. The number of amides is 1. The summed E-state index contributed by atoms with van der Waals surface area (Å²) in [6.45, 7) is 5.79. The van der Waals surface area contributed by atoms with E-state index in [-0.39, 0.29) is 5.91 Å². The minimum atomic E-state index is -0.421. The number of rotatable bonds is 8. The van der Waals surface area contributed by atoms with Crippen LogP contribution in [0.2, 0.25) is 0 Å². The van der Waals surface area contributed by atoms with Gasteiger partial charge in [0, 0.05) is 11.8 Å². The Kier molecular flexibility index (Phi) is 7.39. The minimum absolute atomic E-state index is 0.292. The Morgan fingerprint density at radius 2 is 1.89 bits per heavy atom. The third-order valence-electron chi connectivity index (χ3n) is 3.88. The highest BCUT2D eigenvalue weighted by molar-refractivity contribution is 6.02. The molecule has 146 valence electrons. The van der Waals surface area contributed by atoms with E-state index in [0.29, 0.717) is 29.4 Å². The molecular formula is C22H23NO5. The Bertz CT molecular complexity index is 902. The summed E-state index contributed by atoms with van der Waals surface area (Å²) >= 11 is 0. The largest absolute Gasteiger partial charge is 0.493 e. The third-order valence-corrected chi connectivity index (χ3v) is 3.88. The zero-order valence-electron chi connectivity index (χ0n) is 16.2. The number of nitrogens with one attached hydrogen (secondary N) is 1. The normalized spacial score (nSPS) is 10.4. The van der Waals surface area contributed by atoms with Gasteiger partial charge < -0.3 is 19.5 Å². The number of carbonyl (C=O) groups is 2. The number of benzene rings is 2. The Labute approximate surface area is 164 Å². The van der Waals surface area contributed by atoms with E-state index in [1.54, 1.807) is 56.5 Å². The van der Waals surface area contributed by atoms with Gasteiger partial charge in [-0.2, -0.15) is 0 Å². The van der Waals surface area contributed by atoms with Crippen molar-refractivity contribution >= 4 is 23.6 Å². The van der Waals surface area contributed by atoms with Crippen LogP contribution in [0, 0.1) is 6.92 Å². The smallest absolute Gasteiger partial charge is 0.337 e. The minimum Gasteiger partial charge on any atom is -0.493 e. The summed E-state index contributed by atoms with van der Waals surface area (Å²) in [5, 5.41) is 2.79. The van der Waals surface area contributed by atoms with Crippen molar-refractivity contribution < 1.29 is 23.8 Å². The van der Waals surface area contributed by atoms with E-state index in [9.17, 15) is 9.59 Å². The van der Waals surface area contributed by atoms with Crippen LogP contribution in [0.25, 0.3) is 6.08 Å². The van der Waals surface area contributed by atoms with Gasteiger partial charge in [-0.15, -0.1) is 0 Å². The lowest BCUT2D eigenvalue weighted by Crippen LogP contribution is -2.10. The molecule has 0 aliphatic heterocycles. The van der Waals surface area contributed by atoms with Crippen LogP contribution in [-0.4, -0.2) is 32.7 Å². The molecule has 28 heavy (non-hydrogen) atoms. The van der Waals surface area contributed by atoms with Gasteiger partial charge in [-0.25, -0.2) is 4.79 Å². The van der Waals surface area contributed by atoms with E-state index in [1.165, 1.54) is 13.2 Å². The standard InChI is InChI=1S/C22H23NO5/c1-5-12-28-19-10-6-16(14-20(19)26-3)7-11-21(24)23-18-9-8-17(13-15(18)2)22(25)27-4/h5-11,13-14H,1,12H2,2-4H3,(H,23,24)/b11-7+. The van der Waals surface area contributed by atoms with Crippen LogP contribution in [0.4, 0.5) is 5.69 Å². The molecule has 0 saturated heterocycles. The molecule has 1 amide bonds. The summed E-state index contributed by atoms with van der Waals surface area (Å²) in [6, 6.07) is 10.3. The molecule has 2 rings (SSSR count). The van der Waals surface area contributed by atoms with E-state index in [2.05, 4.69) is 16.6 Å². The molecule has 0 spiro atoms. The van der Waals surface area contributed by atoms with Crippen molar-refractivity contribution in [3.8, 4) is 11.5 Å². The molecule has 6 nitrogen and oxygen atoms in total. The molecule has 0 saturated carbocycles. The first-order chi connectivity index (χ1) is 13.5. The molecule has 1 N–H and O–H groups in total. The van der Waals surface area contributed by atoms with E-state index < -0.39 is 5.97 Å². The predicted molar refractivity (Wildman–Crippen MR) is 109 cm³/mol. The van der Waals surface area contributed by atoms with Gasteiger partial charge in [0.25, 0.3) is 0 Å². The van der Waals surface area contributed by atoms with Crippen LogP contribution in [-0.2, 0) is 9.53 Å². The van der Waals surface area contributed by atoms with Crippen LogP contribution in [0.5, 0.6) is 11.5 Å². The Hall–Kier alpha value is -3.54. The molecule has 2 aromatic carbocycles. The summed E-state index contributed by atoms with van der Waals surface area (Å²) in [5.74, 6) is 0.458. The van der Waals surface area contributed by atoms with Gasteiger partial charge in [0.15, 0.2) is 11.5 Å². The number of methoxy groups -OCH3 is 2. The molecule has 0 fully saturated rings. The quantitative estimate of drug-likeness (QED) is 0.425. The molecule has 0 aliphatic rings. The van der Waals surface area contributed by atoms with Crippen LogP contribution in [0.1, 0.15) is 21.5 Å². The fraction of sp³-hybridized carbons (Fsp3) is 0.182. The number of anilines is 1.